The number of anilines is 1. The van der Waals surface area contributed by atoms with Crippen LogP contribution in [-0.4, -0.2) is 49.5 Å². The third-order valence-corrected chi connectivity index (χ3v) is 7.46. The molecule has 0 aliphatic rings. The molecule has 0 aliphatic heterocycles. The summed E-state index contributed by atoms with van der Waals surface area (Å²) >= 11 is 12.2. The lowest BCUT2D eigenvalue weighted by Crippen LogP contribution is -2.52. The molecular formula is C26H35Cl2N3O4S. The van der Waals surface area contributed by atoms with Gasteiger partial charge in [0.1, 0.15) is 6.04 Å². The van der Waals surface area contributed by atoms with Gasteiger partial charge in [-0.1, -0.05) is 47.5 Å². The molecule has 0 unspecified atom stereocenters. The maximum Gasteiger partial charge on any atom is 0.242 e. The topological polar surface area (TPSA) is 86.8 Å². The number of rotatable bonds is 10. The third-order valence-electron chi connectivity index (χ3n) is 5.54. The van der Waals surface area contributed by atoms with E-state index in [1.54, 1.807) is 37.3 Å². The Morgan fingerprint density at radius 1 is 1.06 bits per heavy atom. The highest BCUT2D eigenvalue weighted by Crippen LogP contribution is 2.25. The lowest BCUT2D eigenvalue weighted by Gasteiger charge is -2.32. The smallest absolute Gasteiger partial charge is 0.242 e. The SMILES string of the molecule is Cc1ccccc1N(CCCC(=O)N(Cc1ccc(Cl)c(Cl)c1)[C@H](C)C(=O)NC(C)(C)C)S(C)(=O)=O. The number of nitrogens with zero attached hydrogens (tertiary/aromatic N) is 2. The summed E-state index contributed by atoms with van der Waals surface area (Å²) in [5.74, 6) is -0.551. The molecule has 2 amide bonds. The number of hydrogen-bond acceptors (Lipinski definition) is 4. The van der Waals surface area contributed by atoms with E-state index in [0.29, 0.717) is 15.7 Å². The fourth-order valence-electron chi connectivity index (χ4n) is 3.72. The number of nitrogens with one attached hydrogen (secondary N) is 1. The minimum atomic E-state index is -3.55. The first-order valence-corrected chi connectivity index (χ1v) is 14.3. The van der Waals surface area contributed by atoms with Gasteiger partial charge in [-0.15, -0.1) is 0 Å². The molecule has 0 aliphatic carbocycles. The minimum Gasteiger partial charge on any atom is -0.350 e. The highest BCUT2D eigenvalue weighted by molar-refractivity contribution is 7.92. The van der Waals surface area contributed by atoms with E-state index in [9.17, 15) is 18.0 Å². The van der Waals surface area contributed by atoms with Crippen molar-refractivity contribution in [2.45, 2.75) is 65.6 Å². The van der Waals surface area contributed by atoms with Crippen molar-refractivity contribution in [2.75, 3.05) is 17.1 Å². The summed E-state index contributed by atoms with van der Waals surface area (Å²) in [4.78, 5) is 27.8. The van der Waals surface area contributed by atoms with Crippen molar-refractivity contribution in [1.29, 1.82) is 0 Å². The molecule has 2 rings (SSSR count). The standard InChI is InChI=1S/C26H35Cl2N3O4S/c1-18-10-7-8-11-23(18)31(36(6,34)35)15-9-12-24(32)30(19(2)25(33)29-26(3,4)5)17-20-13-14-21(27)22(28)16-20/h7-8,10-11,13-14,16,19H,9,12,15,17H2,1-6H3,(H,29,33)/t19-/m1/s1. The van der Waals surface area contributed by atoms with Gasteiger partial charge >= 0.3 is 0 Å². The second-order valence-corrected chi connectivity index (χ2v) is 12.6. The fourth-order valence-corrected chi connectivity index (χ4v) is 5.06. The van der Waals surface area contributed by atoms with Crippen LogP contribution in [-0.2, 0) is 26.2 Å². The van der Waals surface area contributed by atoms with Gasteiger partial charge in [-0.05, 0) is 70.4 Å². The van der Waals surface area contributed by atoms with E-state index >= 15 is 0 Å². The molecule has 2 aromatic carbocycles. The average molecular weight is 557 g/mol. The molecule has 2 aromatic rings. The van der Waals surface area contributed by atoms with Gasteiger partial charge in [0.2, 0.25) is 21.8 Å². The molecule has 7 nitrogen and oxygen atoms in total. The molecule has 0 spiro atoms. The van der Waals surface area contributed by atoms with E-state index < -0.39 is 21.6 Å². The number of carbonyl (C=O) groups is 2. The highest BCUT2D eigenvalue weighted by atomic mass is 35.5. The Balaban J connectivity index is 2.23. The lowest BCUT2D eigenvalue weighted by molar-refractivity contribution is -0.141. The molecule has 10 heteroatoms. The summed E-state index contributed by atoms with van der Waals surface area (Å²) in [6.45, 7) is 9.41. The highest BCUT2D eigenvalue weighted by Gasteiger charge is 2.29. The average Bonchev–Trinajstić information content (AvgIpc) is 2.75. The second-order valence-electron chi connectivity index (χ2n) is 9.91. The van der Waals surface area contributed by atoms with Crippen LogP contribution in [0.1, 0.15) is 51.7 Å². The van der Waals surface area contributed by atoms with E-state index in [1.165, 1.54) is 9.21 Å². The predicted molar refractivity (Wildman–Crippen MR) is 147 cm³/mol. The number of sulfonamides is 1. The molecule has 0 bridgehead atoms. The molecule has 198 valence electrons. The number of amides is 2. The molecule has 1 N–H and O–H groups in total. The van der Waals surface area contributed by atoms with Gasteiger partial charge in [-0.3, -0.25) is 13.9 Å². The molecule has 0 heterocycles. The largest absolute Gasteiger partial charge is 0.350 e. The van der Waals surface area contributed by atoms with Crippen molar-refractivity contribution < 1.29 is 18.0 Å². The van der Waals surface area contributed by atoms with Crippen molar-refractivity contribution >= 4 is 50.7 Å². The van der Waals surface area contributed by atoms with Crippen LogP contribution in [0.15, 0.2) is 42.5 Å². The van der Waals surface area contributed by atoms with E-state index in [1.807, 2.05) is 39.8 Å². The first-order valence-electron chi connectivity index (χ1n) is 11.7. The number of para-hydroxylation sites is 1. The molecule has 36 heavy (non-hydrogen) atoms. The van der Waals surface area contributed by atoms with Crippen molar-refractivity contribution in [3.05, 3.63) is 63.6 Å². The van der Waals surface area contributed by atoms with E-state index in [2.05, 4.69) is 5.32 Å². The number of carbonyl (C=O) groups excluding carboxylic acids is 2. The van der Waals surface area contributed by atoms with Crippen LogP contribution in [0.4, 0.5) is 5.69 Å². The van der Waals surface area contributed by atoms with Gasteiger partial charge in [0.05, 0.1) is 22.0 Å². The van der Waals surface area contributed by atoms with Gasteiger partial charge < -0.3 is 10.2 Å². The summed E-state index contributed by atoms with van der Waals surface area (Å²) in [5, 5.41) is 3.67. The Morgan fingerprint density at radius 3 is 2.25 bits per heavy atom. The lowest BCUT2D eigenvalue weighted by atomic mass is 10.1. The molecule has 1 atom stereocenters. The first kappa shape index (κ1) is 29.9. The van der Waals surface area contributed by atoms with Crippen LogP contribution in [0.5, 0.6) is 0 Å². The molecular weight excluding hydrogens is 521 g/mol. The summed E-state index contributed by atoms with van der Waals surface area (Å²) in [5.41, 5.74) is 1.67. The van der Waals surface area contributed by atoms with Gasteiger partial charge in [-0.25, -0.2) is 8.42 Å². The minimum absolute atomic E-state index is 0.0619. The Morgan fingerprint density at radius 2 is 1.69 bits per heavy atom. The summed E-state index contributed by atoms with van der Waals surface area (Å²) in [6, 6.07) is 11.5. The van der Waals surface area contributed by atoms with E-state index in [4.69, 9.17) is 23.2 Å². The summed E-state index contributed by atoms with van der Waals surface area (Å²) in [6.07, 6.45) is 1.49. The van der Waals surface area contributed by atoms with Crippen LogP contribution in [0.25, 0.3) is 0 Å². The first-order chi connectivity index (χ1) is 16.6. The van der Waals surface area contributed by atoms with E-state index in [0.717, 1.165) is 17.4 Å². The van der Waals surface area contributed by atoms with Gasteiger partial charge in [0.15, 0.2) is 0 Å². The summed E-state index contributed by atoms with van der Waals surface area (Å²) < 4.78 is 26.3. The van der Waals surface area contributed by atoms with Crippen LogP contribution >= 0.6 is 23.2 Å². The number of halogens is 2. The van der Waals surface area contributed by atoms with Crippen LogP contribution < -0.4 is 9.62 Å². The number of hydrogen-bond donors (Lipinski definition) is 1. The maximum absolute atomic E-state index is 13.4. The maximum atomic E-state index is 13.4. The van der Waals surface area contributed by atoms with Gasteiger partial charge in [0, 0.05) is 25.0 Å². The number of benzene rings is 2. The zero-order valence-corrected chi connectivity index (χ0v) is 24.0. The van der Waals surface area contributed by atoms with Crippen LogP contribution in [0.2, 0.25) is 10.0 Å². The normalized spacial score (nSPS) is 12.7. The van der Waals surface area contributed by atoms with Crippen molar-refractivity contribution in [3.63, 3.8) is 0 Å². The Hall–Kier alpha value is -2.29. The van der Waals surface area contributed by atoms with Gasteiger partial charge in [-0.2, -0.15) is 0 Å². The van der Waals surface area contributed by atoms with Crippen LogP contribution in [0, 0.1) is 6.92 Å². The van der Waals surface area contributed by atoms with Gasteiger partial charge in [0.25, 0.3) is 0 Å². The molecule has 0 fully saturated rings. The summed E-state index contributed by atoms with van der Waals surface area (Å²) in [7, 11) is -3.55. The van der Waals surface area contributed by atoms with Crippen molar-refractivity contribution in [3.8, 4) is 0 Å². The second kappa shape index (κ2) is 12.3. The monoisotopic (exact) mass is 555 g/mol. The Kier molecular flexibility index (Phi) is 10.2. The van der Waals surface area contributed by atoms with E-state index in [-0.39, 0.29) is 37.7 Å². The Labute approximate surface area is 224 Å². The van der Waals surface area contributed by atoms with Crippen molar-refractivity contribution in [1.82, 2.24) is 10.2 Å². The Bertz CT molecular complexity index is 1200. The third kappa shape index (κ3) is 8.68. The quantitative estimate of drug-likeness (QED) is 0.437. The molecule has 0 saturated carbocycles. The number of aryl methyl sites for hydroxylation is 1. The zero-order valence-electron chi connectivity index (χ0n) is 21.6. The van der Waals surface area contributed by atoms with Crippen LogP contribution in [0.3, 0.4) is 0 Å². The molecule has 0 radical (unpaired) electrons. The molecule has 0 aromatic heterocycles. The zero-order chi connectivity index (χ0) is 27.3. The fraction of sp³-hybridized carbons (Fsp3) is 0.462. The van der Waals surface area contributed by atoms with Crippen molar-refractivity contribution in [2.24, 2.45) is 0 Å². The molecule has 0 saturated heterocycles. The predicted octanol–water partition coefficient (Wildman–Crippen LogP) is 5.18.